The zero-order chi connectivity index (χ0) is 32.8. The maximum Gasteiger partial charge on any atom is 0.338 e. The molecule has 7 nitrogen and oxygen atoms in total. The molecule has 9 atom stereocenters. The second-order valence-electron chi connectivity index (χ2n) is 17.5. The molecule has 1 aromatic rings. The summed E-state index contributed by atoms with van der Waals surface area (Å²) in [7, 11) is -1.16. The second-order valence-corrected chi connectivity index (χ2v) is 21.6. The molecule has 4 saturated carbocycles. The van der Waals surface area contributed by atoms with Crippen molar-refractivity contribution in [3.8, 4) is 0 Å². The average molecular weight is 658 g/mol. The number of hydrogen-bond donors (Lipinski definition) is 1. The van der Waals surface area contributed by atoms with E-state index in [2.05, 4.69) is 58.8 Å². The van der Waals surface area contributed by atoms with E-state index in [9.17, 15) is 4.79 Å². The number of rotatable bonds is 5. The van der Waals surface area contributed by atoms with Crippen molar-refractivity contribution in [2.75, 3.05) is 38.9 Å². The molecule has 1 spiro atoms. The minimum atomic E-state index is -1.16. The van der Waals surface area contributed by atoms with Crippen LogP contribution in [0.5, 0.6) is 0 Å². The lowest BCUT2D eigenvalue weighted by atomic mass is 9.42. The highest BCUT2D eigenvalue weighted by Crippen LogP contribution is 2.71. The van der Waals surface area contributed by atoms with Crippen LogP contribution in [0.4, 0.5) is 0 Å². The molecule has 0 amide bonds. The Morgan fingerprint density at radius 1 is 0.870 bits per heavy atom. The monoisotopic (exact) mass is 657 g/mol. The van der Waals surface area contributed by atoms with Crippen molar-refractivity contribution in [3.05, 3.63) is 35.9 Å². The van der Waals surface area contributed by atoms with Gasteiger partial charge in [-0.1, -0.05) is 52.8 Å². The summed E-state index contributed by atoms with van der Waals surface area (Å²) < 4.78 is 36.8. The Balaban J connectivity index is 1.30. The molecule has 0 bridgehead atoms. The maximum absolute atomic E-state index is 13.8. The van der Waals surface area contributed by atoms with E-state index in [0.717, 1.165) is 38.5 Å². The van der Waals surface area contributed by atoms with Gasteiger partial charge in [-0.25, -0.2) is 4.79 Å². The smallest absolute Gasteiger partial charge is 0.338 e. The molecule has 4 aliphatic carbocycles. The Hall–Kier alpha value is -1.16. The summed E-state index contributed by atoms with van der Waals surface area (Å²) in [4.78, 5) is 13.8. The molecule has 2 heterocycles. The molecule has 7 rings (SSSR count). The van der Waals surface area contributed by atoms with Crippen LogP contribution in [-0.4, -0.2) is 73.4 Å². The summed E-state index contributed by atoms with van der Waals surface area (Å²) in [5.74, 6) is 0.589. The Morgan fingerprint density at radius 3 is 2.17 bits per heavy atom. The third-order valence-corrected chi connectivity index (χ3v) is 18.1. The van der Waals surface area contributed by atoms with Crippen LogP contribution in [-0.2, 0) is 23.7 Å². The second kappa shape index (κ2) is 11.4. The highest BCUT2D eigenvalue weighted by molar-refractivity contribution is 8.32. The fraction of sp³-hybridized carbons (Fsp3) is 0.816. The van der Waals surface area contributed by atoms with Crippen LogP contribution in [0.25, 0.3) is 0 Å². The zero-order valence-electron chi connectivity index (χ0n) is 29.6. The molecule has 2 saturated heterocycles. The van der Waals surface area contributed by atoms with E-state index in [4.69, 9.17) is 23.7 Å². The SMILES string of the molecule is CC1(C2CCC3C4C[C@@H](OC(=O)c5ccccc5)[C@@H]5CC6(CCC5(C)C4[C@H](NS(C)(C)C(C)(C)C)CC32C)OCCO6)OCCO1. The van der Waals surface area contributed by atoms with Gasteiger partial charge in [0.1, 0.15) is 6.10 Å². The lowest BCUT2D eigenvalue weighted by Gasteiger charge is -2.67. The Bertz CT molecular complexity index is 1290. The number of nitrogens with one attached hydrogen (secondary N) is 1. The molecule has 2 aliphatic heterocycles. The summed E-state index contributed by atoms with van der Waals surface area (Å²) in [6.45, 7) is 17.1. The molecular weight excluding hydrogens is 598 g/mol. The quantitative estimate of drug-likeness (QED) is 0.333. The standard InChI is InChI=1S/C38H59NO6S/c1-34(2,3)46(7,8)39-29-24-36(5)27(14-15-31(36)37(6)41-18-19-42-37)26-22-30(45-33(40)25-12-10-9-11-13-25)28-23-38(43-20-21-44-38)17-16-35(28,4)32(26)29/h9-13,26-32,39H,14-24H2,1-8H3/t26?,27?,28-,29+,30+,31?,32?,35?,36?/m0/s1. The van der Waals surface area contributed by atoms with Crippen LogP contribution in [0.3, 0.4) is 0 Å². The van der Waals surface area contributed by atoms with Crippen molar-refractivity contribution in [1.29, 1.82) is 0 Å². The first-order valence-corrected chi connectivity index (χ1v) is 20.4. The van der Waals surface area contributed by atoms with Gasteiger partial charge in [0.05, 0.1) is 32.0 Å². The molecule has 1 N–H and O–H groups in total. The van der Waals surface area contributed by atoms with Crippen LogP contribution in [0.1, 0.15) is 96.8 Å². The first-order valence-electron chi connectivity index (χ1n) is 17.9. The fourth-order valence-corrected chi connectivity index (χ4v) is 12.7. The minimum absolute atomic E-state index is 0.0279. The normalized spacial score (nSPS) is 41.9. The molecule has 258 valence electrons. The summed E-state index contributed by atoms with van der Waals surface area (Å²) in [5.41, 5.74) is 0.647. The highest BCUT2D eigenvalue weighted by atomic mass is 32.3. The van der Waals surface area contributed by atoms with Crippen LogP contribution >= 0.6 is 10.2 Å². The average Bonchev–Trinajstić information content (AvgIpc) is 3.72. The van der Waals surface area contributed by atoms with Gasteiger partial charge in [0.25, 0.3) is 0 Å². The van der Waals surface area contributed by atoms with Gasteiger partial charge in [-0.3, -0.25) is 4.72 Å². The van der Waals surface area contributed by atoms with Crippen molar-refractivity contribution >= 4 is 16.2 Å². The summed E-state index contributed by atoms with van der Waals surface area (Å²) in [6.07, 6.45) is 11.7. The predicted octanol–water partition coefficient (Wildman–Crippen LogP) is 7.33. The van der Waals surface area contributed by atoms with E-state index >= 15 is 0 Å². The number of ether oxygens (including phenoxy) is 5. The van der Waals surface area contributed by atoms with Gasteiger partial charge in [0.2, 0.25) is 0 Å². The van der Waals surface area contributed by atoms with Gasteiger partial charge in [0.15, 0.2) is 11.6 Å². The first-order chi connectivity index (χ1) is 21.6. The van der Waals surface area contributed by atoms with Crippen LogP contribution < -0.4 is 4.72 Å². The van der Waals surface area contributed by atoms with Crippen molar-refractivity contribution in [2.24, 2.45) is 40.4 Å². The minimum Gasteiger partial charge on any atom is -0.458 e. The zero-order valence-corrected chi connectivity index (χ0v) is 30.4. The van der Waals surface area contributed by atoms with E-state index in [1.807, 2.05) is 30.3 Å². The van der Waals surface area contributed by atoms with E-state index < -0.39 is 21.8 Å². The molecule has 1 aromatic carbocycles. The summed E-state index contributed by atoms with van der Waals surface area (Å²) in [5, 5.41) is 0. The van der Waals surface area contributed by atoms with Gasteiger partial charge in [0, 0.05) is 35.5 Å². The van der Waals surface area contributed by atoms with Gasteiger partial charge in [-0.05, 0) is 92.3 Å². The third-order valence-electron chi connectivity index (χ3n) is 14.2. The molecule has 8 heteroatoms. The van der Waals surface area contributed by atoms with Gasteiger partial charge >= 0.3 is 5.97 Å². The van der Waals surface area contributed by atoms with Gasteiger partial charge < -0.3 is 23.7 Å². The van der Waals surface area contributed by atoms with Gasteiger partial charge in [-0.15, -0.1) is 0 Å². The maximum atomic E-state index is 13.8. The molecule has 0 radical (unpaired) electrons. The largest absolute Gasteiger partial charge is 0.458 e. The van der Waals surface area contributed by atoms with Crippen molar-refractivity contribution < 1.29 is 28.5 Å². The van der Waals surface area contributed by atoms with Crippen LogP contribution in [0.15, 0.2) is 30.3 Å². The third kappa shape index (κ3) is 5.31. The van der Waals surface area contributed by atoms with E-state index in [0.29, 0.717) is 61.7 Å². The van der Waals surface area contributed by atoms with Crippen molar-refractivity contribution in [3.63, 3.8) is 0 Å². The molecule has 6 fully saturated rings. The van der Waals surface area contributed by atoms with Crippen LogP contribution in [0, 0.1) is 40.4 Å². The molecule has 46 heavy (non-hydrogen) atoms. The lowest BCUT2D eigenvalue weighted by molar-refractivity contribution is -0.257. The number of hydrogen-bond acceptors (Lipinski definition) is 7. The van der Waals surface area contributed by atoms with E-state index in [1.54, 1.807) is 0 Å². The molecule has 6 aliphatic rings. The molecule has 6 unspecified atom stereocenters. The Kier molecular flexibility index (Phi) is 8.30. The van der Waals surface area contributed by atoms with Gasteiger partial charge in [-0.2, -0.15) is 10.2 Å². The summed E-state index contributed by atoms with van der Waals surface area (Å²) >= 11 is 0. The lowest BCUT2D eigenvalue weighted by Crippen LogP contribution is -2.67. The molecule has 0 aromatic heterocycles. The number of benzene rings is 1. The Labute approximate surface area is 279 Å². The number of esters is 1. The fourth-order valence-electron chi connectivity index (χ4n) is 11.3. The number of fused-ring (bicyclic) bond motifs is 5. The number of carbonyl (C=O) groups is 1. The molecular formula is C38H59NO6S. The predicted molar refractivity (Wildman–Crippen MR) is 183 cm³/mol. The first kappa shape index (κ1) is 33.3. The van der Waals surface area contributed by atoms with E-state index in [1.165, 1.54) is 6.42 Å². The summed E-state index contributed by atoms with van der Waals surface area (Å²) in [6, 6.07) is 9.88. The van der Waals surface area contributed by atoms with Crippen molar-refractivity contribution in [2.45, 2.75) is 115 Å². The van der Waals surface area contributed by atoms with E-state index in [-0.39, 0.29) is 33.6 Å². The number of carbonyl (C=O) groups excluding carboxylic acids is 1. The van der Waals surface area contributed by atoms with Crippen molar-refractivity contribution in [1.82, 2.24) is 4.72 Å². The highest BCUT2D eigenvalue weighted by Gasteiger charge is 2.69. The topological polar surface area (TPSA) is 75.3 Å². The van der Waals surface area contributed by atoms with Crippen LogP contribution in [0.2, 0.25) is 0 Å². The Morgan fingerprint density at radius 2 is 1.52 bits per heavy atom.